The Morgan fingerprint density at radius 3 is 2.11 bits per heavy atom. The summed E-state index contributed by atoms with van der Waals surface area (Å²) in [5.41, 5.74) is 5.08. The minimum absolute atomic E-state index is 0.373. The van der Waals surface area contributed by atoms with E-state index in [2.05, 4.69) is 20.2 Å². The molecule has 172 valence electrons. The van der Waals surface area contributed by atoms with Gasteiger partial charge in [-0.3, -0.25) is 4.98 Å². The number of fused-ring (bicyclic) bond motifs is 1. The van der Waals surface area contributed by atoms with Gasteiger partial charge in [0.1, 0.15) is 5.75 Å². The van der Waals surface area contributed by atoms with Crippen molar-refractivity contribution in [2.45, 2.75) is 0 Å². The van der Waals surface area contributed by atoms with Gasteiger partial charge in [-0.05, 0) is 60.7 Å². The molecule has 2 heterocycles. The summed E-state index contributed by atoms with van der Waals surface area (Å²) in [5, 5.41) is 8.23. The van der Waals surface area contributed by atoms with Crippen LogP contribution in [0.15, 0.2) is 114 Å². The number of aromatic nitrogens is 4. The van der Waals surface area contributed by atoms with Crippen molar-refractivity contribution >= 4 is 17.0 Å². The summed E-state index contributed by atoms with van der Waals surface area (Å²) in [5.74, 6) is 0.753. The molecule has 0 fully saturated rings. The van der Waals surface area contributed by atoms with E-state index in [9.17, 15) is 4.79 Å². The number of carbonyl (C=O) groups is 1. The molecule has 0 saturated heterocycles. The topological polar surface area (TPSA) is 91.0 Å². The first-order valence-electron chi connectivity index (χ1n) is 11.3. The lowest BCUT2D eigenvalue weighted by molar-refractivity contribution is 0.0735. The second-order valence-corrected chi connectivity index (χ2v) is 8.02. The monoisotopic (exact) mass is 470 g/mol. The fourth-order valence-electron chi connectivity index (χ4n) is 3.77. The Morgan fingerprint density at radius 2 is 1.33 bits per heavy atom. The van der Waals surface area contributed by atoms with Crippen molar-refractivity contribution in [1.82, 2.24) is 20.2 Å². The third kappa shape index (κ3) is 4.33. The Labute approximate surface area is 206 Å². The van der Waals surface area contributed by atoms with Gasteiger partial charge >= 0.3 is 5.97 Å². The standard InChI is InChI=1S/C29H18N4O3/c34-29(21-15-13-20(14-16-21)28-33-32-27(36-28)19-7-2-1-3-8-19)35-23-10-6-9-22(17-23)26-18-30-24-11-4-5-12-25(24)31-26/h1-18H. The molecule has 6 rings (SSSR count). The molecule has 0 N–H and O–H groups in total. The van der Waals surface area contributed by atoms with Crippen LogP contribution in [0.25, 0.3) is 45.2 Å². The molecule has 0 atom stereocenters. The van der Waals surface area contributed by atoms with Crippen LogP contribution in [-0.4, -0.2) is 26.1 Å². The van der Waals surface area contributed by atoms with Crippen LogP contribution in [-0.2, 0) is 0 Å². The summed E-state index contributed by atoms with van der Waals surface area (Å²) in [6.45, 7) is 0. The largest absolute Gasteiger partial charge is 0.423 e. The summed E-state index contributed by atoms with van der Waals surface area (Å²) in [6.07, 6.45) is 1.71. The smallest absolute Gasteiger partial charge is 0.343 e. The van der Waals surface area contributed by atoms with E-state index in [-0.39, 0.29) is 0 Å². The summed E-state index contributed by atoms with van der Waals surface area (Å²) < 4.78 is 11.4. The molecule has 6 aromatic rings. The molecule has 2 aromatic heterocycles. The zero-order valence-electron chi connectivity index (χ0n) is 18.9. The van der Waals surface area contributed by atoms with Gasteiger partial charge in [0.25, 0.3) is 0 Å². The van der Waals surface area contributed by atoms with Gasteiger partial charge in [0.05, 0.1) is 28.5 Å². The van der Waals surface area contributed by atoms with Gasteiger partial charge in [0.15, 0.2) is 0 Å². The molecule has 36 heavy (non-hydrogen) atoms. The highest BCUT2D eigenvalue weighted by atomic mass is 16.5. The predicted molar refractivity (Wildman–Crippen MR) is 135 cm³/mol. The molecule has 0 amide bonds. The minimum atomic E-state index is -0.473. The fourth-order valence-corrected chi connectivity index (χ4v) is 3.77. The number of nitrogens with zero attached hydrogens (tertiary/aromatic N) is 4. The Balaban J connectivity index is 1.18. The Kier molecular flexibility index (Phi) is 5.48. The normalized spacial score (nSPS) is 10.9. The number of hydrogen-bond donors (Lipinski definition) is 0. The second kappa shape index (κ2) is 9.23. The van der Waals surface area contributed by atoms with E-state index in [1.807, 2.05) is 66.7 Å². The SMILES string of the molecule is O=C(Oc1cccc(-c2cnc3ccccc3n2)c1)c1ccc(-c2nnc(-c3ccccc3)o2)cc1. The molecule has 0 saturated carbocycles. The van der Waals surface area contributed by atoms with Crippen LogP contribution in [0.1, 0.15) is 10.4 Å². The van der Waals surface area contributed by atoms with Crippen LogP contribution in [0.5, 0.6) is 5.75 Å². The van der Waals surface area contributed by atoms with Crippen molar-refractivity contribution in [2.24, 2.45) is 0 Å². The fraction of sp³-hybridized carbons (Fsp3) is 0. The van der Waals surface area contributed by atoms with E-state index in [0.717, 1.165) is 22.2 Å². The number of ether oxygens (including phenoxy) is 1. The number of hydrogen-bond acceptors (Lipinski definition) is 7. The quantitative estimate of drug-likeness (QED) is 0.218. The van der Waals surface area contributed by atoms with E-state index < -0.39 is 5.97 Å². The Morgan fingerprint density at radius 1 is 0.667 bits per heavy atom. The Hall–Kier alpha value is -5.17. The lowest BCUT2D eigenvalue weighted by Gasteiger charge is -2.07. The van der Waals surface area contributed by atoms with Gasteiger partial charge in [0.2, 0.25) is 11.8 Å². The Bertz CT molecular complexity index is 1680. The second-order valence-electron chi connectivity index (χ2n) is 8.02. The predicted octanol–water partition coefficient (Wildman–Crippen LogP) is 6.23. The summed E-state index contributed by atoms with van der Waals surface area (Å²) in [6, 6.07) is 31.3. The molecule has 0 aliphatic carbocycles. The number of esters is 1. The lowest BCUT2D eigenvalue weighted by Crippen LogP contribution is -2.08. The highest BCUT2D eigenvalue weighted by Crippen LogP contribution is 2.26. The van der Waals surface area contributed by atoms with Gasteiger partial charge in [0, 0.05) is 16.7 Å². The lowest BCUT2D eigenvalue weighted by atomic mass is 10.1. The van der Waals surface area contributed by atoms with Crippen LogP contribution in [0.4, 0.5) is 0 Å². The maximum atomic E-state index is 12.8. The molecule has 7 nitrogen and oxygen atoms in total. The van der Waals surface area contributed by atoms with Gasteiger partial charge < -0.3 is 9.15 Å². The average Bonchev–Trinajstić information content (AvgIpc) is 3.44. The summed E-state index contributed by atoms with van der Waals surface area (Å²) >= 11 is 0. The van der Waals surface area contributed by atoms with Crippen molar-refractivity contribution in [3.63, 3.8) is 0 Å². The maximum absolute atomic E-state index is 12.8. The molecule has 0 unspecified atom stereocenters. The third-order valence-corrected chi connectivity index (χ3v) is 5.60. The number of carbonyl (C=O) groups excluding carboxylic acids is 1. The maximum Gasteiger partial charge on any atom is 0.343 e. The molecule has 0 bridgehead atoms. The molecule has 0 aliphatic rings. The van der Waals surface area contributed by atoms with Crippen molar-refractivity contribution in [1.29, 1.82) is 0 Å². The minimum Gasteiger partial charge on any atom is -0.423 e. The van der Waals surface area contributed by atoms with Crippen LogP contribution in [0, 0.1) is 0 Å². The highest BCUT2D eigenvalue weighted by molar-refractivity contribution is 5.91. The third-order valence-electron chi connectivity index (χ3n) is 5.60. The first-order valence-corrected chi connectivity index (χ1v) is 11.3. The van der Waals surface area contributed by atoms with E-state index in [4.69, 9.17) is 9.15 Å². The van der Waals surface area contributed by atoms with Gasteiger partial charge in [-0.25, -0.2) is 9.78 Å². The zero-order valence-corrected chi connectivity index (χ0v) is 18.9. The van der Waals surface area contributed by atoms with E-state index in [1.165, 1.54) is 0 Å². The first kappa shape index (κ1) is 21.4. The zero-order chi connectivity index (χ0) is 24.3. The van der Waals surface area contributed by atoms with Gasteiger partial charge in [-0.15, -0.1) is 10.2 Å². The van der Waals surface area contributed by atoms with Crippen molar-refractivity contribution in [3.05, 3.63) is 115 Å². The average molecular weight is 470 g/mol. The summed E-state index contributed by atoms with van der Waals surface area (Å²) in [7, 11) is 0. The molecule has 0 aliphatic heterocycles. The first-order chi connectivity index (χ1) is 17.7. The number of benzene rings is 4. The van der Waals surface area contributed by atoms with Crippen LogP contribution >= 0.6 is 0 Å². The van der Waals surface area contributed by atoms with Crippen molar-refractivity contribution in [2.75, 3.05) is 0 Å². The molecule has 7 heteroatoms. The molecular formula is C29H18N4O3. The van der Waals surface area contributed by atoms with E-state index in [0.29, 0.717) is 34.4 Å². The number of rotatable bonds is 5. The molecule has 4 aromatic carbocycles. The molecule has 0 radical (unpaired) electrons. The summed E-state index contributed by atoms with van der Waals surface area (Å²) in [4.78, 5) is 21.9. The number of para-hydroxylation sites is 2. The van der Waals surface area contributed by atoms with Crippen molar-refractivity contribution < 1.29 is 13.9 Å². The molecule has 0 spiro atoms. The van der Waals surface area contributed by atoms with Crippen LogP contribution in [0.2, 0.25) is 0 Å². The van der Waals surface area contributed by atoms with Crippen LogP contribution < -0.4 is 4.74 Å². The van der Waals surface area contributed by atoms with Crippen molar-refractivity contribution in [3.8, 4) is 39.9 Å². The molecular weight excluding hydrogens is 452 g/mol. The van der Waals surface area contributed by atoms with Gasteiger partial charge in [-0.2, -0.15) is 0 Å². The van der Waals surface area contributed by atoms with Crippen LogP contribution in [0.3, 0.4) is 0 Å². The van der Waals surface area contributed by atoms with E-state index >= 15 is 0 Å². The van der Waals surface area contributed by atoms with Gasteiger partial charge in [-0.1, -0.05) is 42.5 Å². The highest BCUT2D eigenvalue weighted by Gasteiger charge is 2.13. The van der Waals surface area contributed by atoms with E-state index in [1.54, 1.807) is 42.6 Å².